The Labute approximate surface area is 113 Å². The van der Waals surface area contributed by atoms with Gasteiger partial charge in [-0.15, -0.1) is 0 Å². The van der Waals surface area contributed by atoms with Crippen molar-refractivity contribution in [1.82, 2.24) is 10.2 Å². The number of hydrogen-bond donors (Lipinski definition) is 1. The first-order chi connectivity index (χ1) is 8.83. The predicted octanol–water partition coefficient (Wildman–Crippen LogP) is 3.34. The Morgan fingerprint density at radius 1 is 1.39 bits per heavy atom. The van der Waals surface area contributed by atoms with Crippen molar-refractivity contribution in [3.63, 3.8) is 0 Å². The molecule has 2 heteroatoms. The van der Waals surface area contributed by atoms with Crippen molar-refractivity contribution in [2.75, 3.05) is 19.6 Å². The summed E-state index contributed by atoms with van der Waals surface area (Å²) in [5.74, 6) is 0. The van der Waals surface area contributed by atoms with Gasteiger partial charge in [0.15, 0.2) is 0 Å². The Kier molecular flexibility index (Phi) is 5.71. The van der Waals surface area contributed by atoms with Crippen molar-refractivity contribution in [2.45, 2.75) is 70.9 Å². The number of nitrogens with zero attached hydrogens (tertiary/aromatic N) is 1. The quantitative estimate of drug-likeness (QED) is 0.727. The summed E-state index contributed by atoms with van der Waals surface area (Å²) < 4.78 is 0. The average Bonchev–Trinajstić information content (AvgIpc) is 2.90. The molecule has 0 aromatic carbocycles. The highest BCUT2D eigenvalue weighted by Gasteiger charge is 2.25. The van der Waals surface area contributed by atoms with Crippen LogP contribution in [0.5, 0.6) is 0 Å². The molecule has 0 radical (unpaired) electrons. The largest absolute Gasteiger partial charge is 0.311 e. The minimum Gasteiger partial charge on any atom is -0.311 e. The third-order valence-corrected chi connectivity index (χ3v) is 4.58. The number of hydrogen-bond acceptors (Lipinski definition) is 2. The maximum atomic E-state index is 3.72. The van der Waals surface area contributed by atoms with Gasteiger partial charge in [-0.1, -0.05) is 31.9 Å². The van der Waals surface area contributed by atoms with Gasteiger partial charge in [0, 0.05) is 31.7 Å². The summed E-state index contributed by atoms with van der Waals surface area (Å²) in [5.41, 5.74) is 1.72. The molecule has 2 aliphatic rings. The van der Waals surface area contributed by atoms with Gasteiger partial charge >= 0.3 is 0 Å². The van der Waals surface area contributed by atoms with Gasteiger partial charge in [0.25, 0.3) is 0 Å². The number of rotatable bonds is 6. The van der Waals surface area contributed by atoms with Crippen molar-refractivity contribution in [1.29, 1.82) is 0 Å². The Hall–Kier alpha value is -0.340. The van der Waals surface area contributed by atoms with Gasteiger partial charge in [-0.25, -0.2) is 0 Å². The molecule has 2 nitrogen and oxygen atoms in total. The Balaban J connectivity index is 1.81. The maximum Gasteiger partial charge on any atom is 0.0218 e. The first-order valence-corrected chi connectivity index (χ1v) is 7.98. The van der Waals surface area contributed by atoms with Crippen LogP contribution in [0.4, 0.5) is 0 Å². The summed E-state index contributed by atoms with van der Waals surface area (Å²) in [6, 6.07) is 1.50. The zero-order chi connectivity index (χ0) is 12.8. The van der Waals surface area contributed by atoms with Gasteiger partial charge in [-0.2, -0.15) is 0 Å². The van der Waals surface area contributed by atoms with Crippen LogP contribution in [0, 0.1) is 0 Å². The topological polar surface area (TPSA) is 15.3 Å². The second-order valence-corrected chi connectivity index (χ2v) is 5.96. The fraction of sp³-hybridized carbons (Fsp3) is 0.875. The zero-order valence-corrected chi connectivity index (χ0v) is 12.3. The van der Waals surface area contributed by atoms with Crippen molar-refractivity contribution in [3.05, 3.63) is 11.6 Å². The van der Waals surface area contributed by atoms with E-state index in [2.05, 4.69) is 30.1 Å². The molecule has 2 rings (SSSR count). The van der Waals surface area contributed by atoms with Crippen LogP contribution >= 0.6 is 0 Å². The Bertz CT molecular complexity index is 272. The van der Waals surface area contributed by atoms with Gasteiger partial charge in [-0.05, 0) is 38.5 Å². The summed E-state index contributed by atoms with van der Waals surface area (Å²) >= 11 is 0. The average molecular weight is 250 g/mol. The van der Waals surface area contributed by atoms with Gasteiger partial charge in [0.05, 0.1) is 0 Å². The van der Waals surface area contributed by atoms with E-state index in [1.807, 2.05) is 0 Å². The molecule has 1 saturated heterocycles. The lowest BCUT2D eigenvalue weighted by molar-refractivity contribution is 0.124. The molecular weight excluding hydrogens is 220 g/mol. The second-order valence-electron chi connectivity index (χ2n) is 5.96. The summed E-state index contributed by atoms with van der Waals surface area (Å²) in [6.45, 7) is 8.36. The summed E-state index contributed by atoms with van der Waals surface area (Å²) in [5, 5.41) is 3.72. The first kappa shape index (κ1) is 14.1. The van der Waals surface area contributed by atoms with Gasteiger partial charge in [0.2, 0.25) is 0 Å². The molecule has 0 bridgehead atoms. The molecule has 18 heavy (non-hydrogen) atoms. The maximum absolute atomic E-state index is 3.72. The molecule has 2 atom stereocenters. The van der Waals surface area contributed by atoms with E-state index in [4.69, 9.17) is 0 Å². The van der Waals surface area contributed by atoms with Crippen LogP contribution in [0.3, 0.4) is 0 Å². The zero-order valence-electron chi connectivity index (χ0n) is 12.3. The SMILES string of the molecule is CCCC1CN(CCC2=CCCC2)C(CC)CN1. The normalized spacial score (nSPS) is 29.6. The molecule has 1 N–H and O–H groups in total. The van der Waals surface area contributed by atoms with Crippen LogP contribution in [-0.2, 0) is 0 Å². The van der Waals surface area contributed by atoms with E-state index < -0.39 is 0 Å². The molecule has 1 fully saturated rings. The molecule has 1 aliphatic carbocycles. The van der Waals surface area contributed by atoms with E-state index in [1.54, 1.807) is 5.57 Å². The molecule has 0 amide bonds. The molecule has 104 valence electrons. The summed E-state index contributed by atoms with van der Waals surface area (Å²) in [7, 11) is 0. The van der Waals surface area contributed by atoms with E-state index in [-0.39, 0.29) is 0 Å². The van der Waals surface area contributed by atoms with Crippen molar-refractivity contribution >= 4 is 0 Å². The fourth-order valence-corrected chi connectivity index (χ4v) is 3.40. The second kappa shape index (κ2) is 7.30. The Morgan fingerprint density at radius 2 is 2.28 bits per heavy atom. The molecule has 0 aromatic rings. The van der Waals surface area contributed by atoms with Crippen LogP contribution in [0.1, 0.15) is 58.8 Å². The molecule has 2 unspecified atom stereocenters. The van der Waals surface area contributed by atoms with Crippen molar-refractivity contribution in [2.24, 2.45) is 0 Å². The number of allylic oxidation sites excluding steroid dienone is 1. The lowest BCUT2D eigenvalue weighted by Crippen LogP contribution is -2.56. The molecular formula is C16H30N2. The third-order valence-electron chi connectivity index (χ3n) is 4.58. The summed E-state index contributed by atoms with van der Waals surface area (Å²) in [4.78, 5) is 2.75. The van der Waals surface area contributed by atoms with E-state index >= 15 is 0 Å². The van der Waals surface area contributed by atoms with E-state index in [0.29, 0.717) is 0 Å². The van der Waals surface area contributed by atoms with Crippen LogP contribution in [-0.4, -0.2) is 36.6 Å². The number of piperazine rings is 1. The molecule has 0 spiro atoms. The highest BCUT2D eigenvalue weighted by atomic mass is 15.2. The lowest BCUT2D eigenvalue weighted by atomic mass is 10.0. The predicted molar refractivity (Wildman–Crippen MR) is 78.9 cm³/mol. The van der Waals surface area contributed by atoms with Crippen LogP contribution in [0.15, 0.2) is 11.6 Å². The summed E-state index contributed by atoms with van der Waals surface area (Å²) in [6.07, 6.45) is 11.8. The van der Waals surface area contributed by atoms with Crippen LogP contribution < -0.4 is 5.32 Å². The highest BCUT2D eigenvalue weighted by molar-refractivity contribution is 5.07. The van der Waals surface area contributed by atoms with Crippen LogP contribution in [0.25, 0.3) is 0 Å². The van der Waals surface area contributed by atoms with Gasteiger partial charge in [-0.3, -0.25) is 4.90 Å². The van der Waals surface area contributed by atoms with Gasteiger partial charge < -0.3 is 5.32 Å². The molecule has 0 saturated carbocycles. The first-order valence-electron chi connectivity index (χ1n) is 7.98. The molecule has 1 aliphatic heterocycles. The minimum atomic E-state index is 0.732. The smallest absolute Gasteiger partial charge is 0.0218 e. The minimum absolute atomic E-state index is 0.732. The van der Waals surface area contributed by atoms with Crippen molar-refractivity contribution in [3.8, 4) is 0 Å². The lowest BCUT2D eigenvalue weighted by Gasteiger charge is -2.40. The van der Waals surface area contributed by atoms with E-state index in [0.717, 1.165) is 12.1 Å². The van der Waals surface area contributed by atoms with Gasteiger partial charge in [0.1, 0.15) is 0 Å². The van der Waals surface area contributed by atoms with E-state index in [9.17, 15) is 0 Å². The molecule has 1 heterocycles. The van der Waals surface area contributed by atoms with Crippen LogP contribution in [0.2, 0.25) is 0 Å². The fourth-order valence-electron chi connectivity index (χ4n) is 3.40. The highest BCUT2D eigenvalue weighted by Crippen LogP contribution is 2.22. The standard InChI is InChI=1S/C16H30N2/c1-3-7-15-13-18(16(4-2)12-17-15)11-10-14-8-5-6-9-14/h8,15-17H,3-7,9-13H2,1-2H3. The number of nitrogens with one attached hydrogen (secondary N) is 1. The monoisotopic (exact) mass is 250 g/mol. The van der Waals surface area contributed by atoms with E-state index in [1.165, 1.54) is 64.6 Å². The van der Waals surface area contributed by atoms with Crippen molar-refractivity contribution < 1.29 is 0 Å². The Morgan fingerprint density at radius 3 is 2.94 bits per heavy atom. The molecule has 0 aromatic heterocycles. The third kappa shape index (κ3) is 3.83.